The van der Waals surface area contributed by atoms with Crippen LogP contribution < -0.4 is 4.74 Å². The van der Waals surface area contributed by atoms with Gasteiger partial charge in [0.1, 0.15) is 5.75 Å². The summed E-state index contributed by atoms with van der Waals surface area (Å²) >= 11 is 0. The quantitative estimate of drug-likeness (QED) is 0.748. The summed E-state index contributed by atoms with van der Waals surface area (Å²) in [5.41, 5.74) is 1.60. The molecule has 0 amide bonds. The molecule has 0 spiro atoms. The van der Waals surface area contributed by atoms with E-state index in [9.17, 15) is 9.59 Å². The van der Waals surface area contributed by atoms with Crippen molar-refractivity contribution in [3.63, 3.8) is 0 Å². The first-order valence-corrected chi connectivity index (χ1v) is 5.53. The zero-order valence-corrected chi connectivity index (χ0v) is 9.86. The van der Waals surface area contributed by atoms with Crippen molar-refractivity contribution in [3.8, 4) is 5.75 Å². The van der Waals surface area contributed by atoms with Crippen LogP contribution in [0, 0.1) is 0 Å². The molecule has 1 atom stereocenters. The smallest absolute Gasteiger partial charge is 0.346 e. The standard InChI is InChI=1S/C13H14O4/c1-8(13(15)16-2)17-12-5-3-4-9-10(12)6-7-11(9)14/h3-5,8H,6-7H2,1-2H3. The molecule has 0 aromatic heterocycles. The Morgan fingerprint density at radius 1 is 1.35 bits per heavy atom. The third kappa shape index (κ3) is 2.16. The molecule has 1 aromatic rings. The van der Waals surface area contributed by atoms with Crippen LogP contribution in [0.15, 0.2) is 18.2 Å². The predicted molar refractivity (Wildman–Crippen MR) is 61.2 cm³/mol. The van der Waals surface area contributed by atoms with E-state index in [2.05, 4.69) is 4.74 Å². The van der Waals surface area contributed by atoms with E-state index in [4.69, 9.17) is 4.74 Å². The summed E-state index contributed by atoms with van der Waals surface area (Å²) in [6, 6.07) is 5.33. The highest BCUT2D eigenvalue weighted by atomic mass is 16.6. The van der Waals surface area contributed by atoms with E-state index in [0.717, 1.165) is 5.56 Å². The largest absolute Gasteiger partial charge is 0.479 e. The first kappa shape index (κ1) is 11.6. The second kappa shape index (κ2) is 4.57. The van der Waals surface area contributed by atoms with E-state index in [1.54, 1.807) is 25.1 Å². The molecule has 1 aliphatic rings. The fourth-order valence-corrected chi connectivity index (χ4v) is 1.97. The molecule has 0 saturated carbocycles. The molecule has 17 heavy (non-hydrogen) atoms. The van der Waals surface area contributed by atoms with Gasteiger partial charge in [-0.2, -0.15) is 0 Å². The van der Waals surface area contributed by atoms with Crippen LogP contribution in [0.5, 0.6) is 5.75 Å². The Morgan fingerprint density at radius 3 is 2.82 bits per heavy atom. The van der Waals surface area contributed by atoms with Crippen LogP contribution in [0.3, 0.4) is 0 Å². The molecule has 0 radical (unpaired) electrons. The van der Waals surface area contributed by atoms with Crippen LogP contribution in [0.4, 0.5) is 0 Å². The van der Waals surface area contributed by atoms with Crippen LogP contribution >= 0.6 is 0 Å². The van der Waals surface area contributed by atoms with Crippen molar-refractivity contribution >= 4 is 11.8 Å². The maximum absolute atomic E-state index is 11.5. The van der Waals surface area contributed by atoms with Gasteiger partial charge in [-0.15, -0.1) is 0 Å². The number of hydrogen-bond acceptors (Lipinski definition) is 4. The summed E-state index contributed by atoms with van der Waals surface area (Å²) in [7, 11) is 1.32. The lowest BCUT2D eigenvalue weighted by atomic mass is 10.1. The maximum atomic E-state index is 11.5. The molecule has 0 saturated heterocycles. The molecule has 4 heteroatoms. The number of benzene rings is 1. The van der Waals surface area contributed by atoms with Crippen molar-refractivity contribution in [3.05, 3.63) is 29.3 Å². The second-order valence-electron chi connectivity index (χ2n) is 3.99. The van der Waals surface area contributed by atoms with Gasteiger partial charge in [-0.3, -0.25) is 4.79 Å². The molecule has 0 fully saturated rings. The number of ketones is 1. The Labute approximate surface area is 99.5 Å². The van der Waals surface area contributed by atoms with Crippen LogP contribution in [0.2, 0.25) is 0 Å². The molecule has 1 aromatic carbocycles. The first-order chi connectivity index (χ1) is 8.13. The Balaban J connectivity index is 2.23. The molecule has 0 aliphatic heterocycles. The van der Waals surface area contributed by atoms with Crippen LogP contribution in [0.25, 0.3) is 0 Å². The molecule has 0 N–H and O–H groups in total. The van der Waals surface area contributed by atoms with E-state index in [0.29, 0.717) is 24.2 Å². The van der Waals surface area contributed by atoms with Gasteiger partial charge in [-0.25, -0.2) is 4.79 Å². The highest BCUT2D eigenvalue weighted by Gasteiger charge is 2.24. The van der Waals surface area contributed by atoms with Gasteiger partial charge in [-0.1, -0.05) is 12.1 Å². The van der Waals surface area contributed by atoms with Crippen LogP contribution in [0.1, 0.15) is 29.3 Å². The van der Waals surface area contributed by atoms with Gasteiger partial charge in [0.25, 0.3) is 0 Å². The molecular weight excluding hydrogens is 220 g/mol. The minimum atomic E-state index is -0.665. The van der Waals surface area contributed by atoms with Gasteiger partial charge in [0.05, 0.1) is 7.11 Å². The van der Waals surface area contributed by atoms with E-state index >= 15 is 0 Å². The summed E-state index contributed by atoms with van der Waals surface area (Å²) in [5, 5.41) is 0. The van der Waals surface area contributed by atoms with Crippen LogP contribution in [-0.2, 0) is 16.0 Å². The average Bonchev–Trinajstić information content (AvgIpc) is 2.71. The van der Waals surface area contributed by atoms with E-state index in [1.807, 2.05) is 0 Å². The lowest BCUT2D eigenvalue weighted by Crippen LogP contribution is -2.25. The maximum Gasteiger partial charge on any atom is 0.346 e. The third-order valence-electron chi connectivity index (χ3n) is 2.87. The Kier molecular flexibility index (Phi) is 3.13. The Bertz CT molecular complexity index is 464. The summed E-state index contributed by atoms with van der Waals surface area (Å²) in [6.07, 6.45) is 0.530. The lowest BCUT2D eigenvalue weighted by Gasteiger charge is -2.14. The van der Waals surface area contributed by atoms with Crippen molar-refractivity contribution < 1.29 is 19.1 Å². The molecule has 1 unspecified atom stereocenters. The number of rotatable bonds is 3. The Morgan fingerprint density at radius 2 is 2.12 bits per heavy atom. The van der Waals surface area contributed by atoms with Gasteiger partial charge in [0.15, 0.2) is 11.9 Å². The monoisotopic (exact) mass is 234 g/mol. The van der Waals surface area contributed by atoms with Crippen LogP contribution in [-0.4, -0.2) is 25.0 Å². The lowest BCUT2D eigenvalue weighted by molar-refractivity contribution is -0.147. The third-order valence-corrected chi connectivity index (χ3v) is 2.87. The number of methoxy groups -OCH3 is 1. The van der Waals surface area contributed by atoms with Crippen molar-refractivity contribution in [2.45, 2.75) is 25.9 Å². The predicted octanol–water partition coefficient (Wildman–Crippen LogP) is 1.76. The second-order valence-corrected chi connectivity index (χ2v) is 3.99. The van der Waals surface area contributed by atoms with Crippen molar-refractivity contribution in [1.29, 1.82) is 0 Å². The zero-order valence-electron chi connectivity index (χ0n) is 9.86. The molecule has 0 heterocycles. The first-order valence-electron chi connectivity index (χ1n) is 5.53. The molecule has 90 valence electrons. The summed E-state index contributed by atoms with van der Waals surface area (Å²) in [4.78, 5) is 22.8. The number of carbonyl (C=O) groups excluding carboxylic acids is 2. The molecule has 2 rings (SSSR count). The van der Waals surface area contributed by atoms with E-state index in [-0.39, 0.29) is 5.78 Å². The average molecular weight is 234 g/mol. The topological polar surface area (TPSA) is 52.6 Å². The van der Waals surface area contributed by atoms with Gasteiger partial charge in [0.2, 0.25) is 0 Å². The van der Waals surface area contributed by atoms with Crippen molar-refractivity contribution in [2.24, 2.45) is 0 Å². The Hall–Kier alpha value is -1.84. The van der Waals surface area contributed by atoms with Crippen molar-refractivity contribution in [2.75, 3.05) is 7.11 Å². The number of ether oxygens (including phenoxy) is 2. The highest BCUT2D eigenvalue weighted by Crippen LogP contribution is 2.31. The molecular formula is C13H14O4. The fourth-order valence-electron chi connectivity index (χ4n) is 1.97. The van der Waals surface area contributed by atoms with E-state index in [1.165, 1.54) is 7.11 Å². The van der Waals surface area contributed by atoms with Gasteiger partial charge in [0, 0.05) is 17.5 Å². The summed E-state index contributed by atoms with van der Waals surface area (Å²) < 4.78 is 10.1. The minimum Gasteiger partial charge on any atom is -0.479 e. The molecule has 4 nitrogen and oxygen atoms in total. The van der Waals surface area contributed by atoms with Gasteiger partial charge < -0.3 is 9.47 Å². The highest BCUT2D eigenvalue weighted by molar-refractivity contribution is 6.01. The molecule has 0 bridgehead atoms. The fraction of sp³-hybridized carbons (Fsp3) is 0.385. The zero-order chi connectivity index (χ0) is 12.4. The normalized spacial score (nSPS) is 15.3. The number of fused-ring (bicyclic) bond motifs is 1. The number of esters is 1. The minimum absolute atomic E-state index is 0.135. The number of Topliss-reactive ketones (excluding diaryl/α,β-unsaturated/α-hetero) is 1. The number of hydrogen-bond donors (Lipinski definition) is 0. The van der Waals surface area contributed by atoms with Crippen molar-refractivity contribution in [1.82, 2.24) is 0 Å². The van der Waals surface area contributed by atoms with E-state index < -0.39 is 12.1 Å². The SMILES string of the molecule is COC(=O)C(C)Oc1cccc2c1CCC2=O. The molecule has 1 aliphatic carbocycles. The summed E-state index contributed by atoms with van der Waals surface area (Å²) in [5.74, 6) is 0.314. The number of carbonyl (C=O) groups is 2. The van der Waals surface area contributed by atoms with Gasteiger partial charge in [-0.05, 0) is 19.4 Å². The van der Waals surface area contributed by atoms with Gasteiger partial charge >= 0.3 is 5.97 Å². The summed E-state index contributed by atoms with van der Waals surface area (Å²) in [6.45, 7) is 1.63.